The Morgan fingerprint density at radius 3 is 2.45 bits per heavy atom. The zero-order valence-corrected chi connectivity index (χ0v) is 26.1. The van der Waals surface area contributed by atoms with Crippen molar-refractivity contribution in [2.45, 2.75) is 26.7 Å². The molecule has 4 aromatic carbocycles. The maximum atomic E-state index is 4.32. The zero-order valence-electron chi connectivity index (χ0n) is 23.7. The first kappa shape index (κ1) is 28.0. The first-order chi connectivity index (χ1) is 20.2. The molecule has 1 aliphatic heterocycles. The number of pyridine rings is 1. The summed E-state index contributed by atoms with van der Waals surface area (Å²) in [5, 5.41) is 5.10. The molecular formula is C37H31IrN4. The number of para-hydroxylation sites is 2. The molecule has 0 N–H and O–H groups in total. The Kier molecular flexibility index (Phi) is 7.97. The van der Waals surface area contributed by atoms with Crippen LogP contribution in [0.4, 0.5) is 5.69 Å². The van der Waals surface area contributed by atoms with Crippen molar-refractivity contribution in [3.63, 3.8) is 0 Å². The molecule has 208 valence electrons. The molecule has 8 rings (SSSR count). The Labute approximate surface area is 260 Å². The number of benzene rings is 4. The fourth-order valence-corrected chi connectivity index (χ4v) is 5.68. The molecule has 1 aliphatic rings. The van der Waals surface area contributed by atoms with Gasteiger partial charge in [0.2, 0.25) is 0 Å². The first-order valence-electron chi connectivity index (χ1n) is 14.3. The van der Waals surface area contributed by atoms with E-state index in [4.69, 9.17) is 0 Å². The summed E-state index contributed by atoms with van der Waals surface area (Å²) in [5.74, 6) is 0. The van der Waals surface area contributed by atoms with E-state index >= 15 is 0 Å². The third-order valence-corrected chi connectivity index (χ3v) is 7.75. The van der Waals surface area contributed by atoms with E-state index in [1.807, 2.05) is 43.5 Å². The van der Waals surface area contributed by atoms with Crippen molar-refractivity contribution < 1.29 is 20.1 Å². The molecule has 0 bridgehead atoms. The van der Waals surface area contributed by atoms with Crippen molar-refractivity contribution >= 4 is 43.8 Å². The van der Waals surface area contributed by atoms with E-state index in [-0.39, 0.29) is 20.1 Å². The van der Waals surface area contributed by atoms with Crippen molar-refractivity contribution in [1.29, 1.82) is 0 Å². The average molecular weight is 724 g/mol. The molecule has 3 aromatic heterocycles. The SMILES string of the molecule is CCCCN1C=CN(c2[c-]c3c4cccc5c6ccccc6n(c3cc2)c45)[CH-]1.Cc1ccc(-c2[c-]cccc2)nc1.[Ir+3]. The van der Waals surface area contributed by atoms with Gasteiger partial charge in [-0.25, -0.2) is 0 Å². The van der Waals surface area contributed by atoms with Crippen LogP contribution < -0.4 is 4.90 Å². The Hall–Kier alpha value is -4.18. The van der Waals surface area contributed by atoms with E-state index in [0.717, 1.165) is 23.5 Å². The van der Waals surface area contributed by atoms with Crippen LogP contribution in [0.15, 0.2) is 110 Å². The number of hydrogen-bond acceptors (Lipinski definition) is 3. The van der Waals surface area contributed by atoms with E-state index in [9.17, 15) is 0 Å². The minimum absolute atomic E-state index is 0. The maximum absolute atomic E-state index is 4.32. The average Bonchev–Trinajstić information content (AvgIpc) is 3.73. The summed E-state index contributed by atoms with van der Waals surface area (Å²) in [4.78, 5) is 8.74. The zero-order chi connectivity index (χ0) is 27.8. The molecule has 4 heterocycles. The predicted molar refractivity (Wildman–Crippen MR) is 171 cm³/mol. The van der Waals surface area contributed by atoms with Crippen LogP contribution >= 0.6 is 0 Å². The number of anilines is 1. The summed E-state index contributed by atoms with van der Waals surface area (Å²) < 4.78 is 2.40. The Bertz CT molecular complexity index is 1980. The number of rotatable bonds is 5. The monoisotopic (exact) mass is 724 g/mol. The Morgan fingerprint density at radius 1 is 0.810 bits per heavy atom. The van der Waals surface area contributed by atoms with Gasteiger partial charge in [0.25, 0.3) is 0 Å². The standard InChI is InChI=1S/C25H21N3.C12H10N.Ir/c1-2-3-13-26-14-15-27(17-26)18-11-12-24-22(16-18)21-9-6-8-20-19-7-4-5-10-23(19)28(24)25(20)21;1-10-7-8-12(13-9-10)11-5-3-2-4-6-11;/h4-12,14-15,17H,2-3,13H2,1H3;2-5,7-9H,1H3;/q-2;-1;+3. The third-order valence-electron chi connectivity index (χ3n) is 7.75. The summed E-state index contributed by atoms with van der Waals surface area (Å²) in [6.45, 7) is 7.49. The van der Waals surface area contributed by atoms with Crippen LogP contribution in [-0.2, 0) is 20.1 Å². The van der Waals surface area contributed by atoms with Gasteiger partial charge in [0.1, 0.15) is 0 Å². The molecule has 0 saturated carbocycles. The van der Waals surface area contributed by atoms with Crippen LogP contribution in [0.3, 0.4) is 0 Å². The largest absolute Gasteiger partial charge is 3.00 e. The van der Waals surface area contributed by atoms with Crippen LogP contribution in [0.25, 0.3) is 49.4 Å². The smallest absolute Gasteiger partial charge is 0.508 e. The van der Waals surface area contributed by atoms with E-state index in [1.165, 1.54) is 56.5 Å². The van der Waals surface area contributed by atoms with Gasteiger partial charge in [-0.15, -0.1) is 59.5 Å². The minimum atomic E-state index is 0. The van der Waals surface area contributed by atoms with Gasteiger partial charge in [0.15, 0.2) is 0 Å². The van der Waals surface area contributed by atoms with Crippen molar-refractivity contribution in [2.75, 3.05) is 11.4 Å². The molecular weight excluding hydrogens is 693 g/mol. The minimum Gasteiger partial charge on any atom is -0.508 e. The third kappa shape index (κ3) is 5.04. The second kappa shape index (κ2) is 12.0. The summed E-state index contributed by atoms with van der Waals surface area (Å²) in [7, 11) is 0. The topological polar surface area (TPSA) is 23.8 Å². The molecule has 0 radical (unpaired) electrons. The molecule has 4 nitrogen and oxygen atoms in total. The maximum Gasteiger partial charge on any atom is 3.00 e. The van der Waals surface area contributed by atoms with Crippen LogP contribution in [0.2, 0.25) is 0 Å². The van der Waals surface area contributed by atoms with Gasteiger partial charge in [0, 0.05) is 22.6 Å². The molecule has 0 fully saturated rings. The van der Waals surface area contributed by atoms with E-state index in [2.05, 4.69) is 118 Å². The first-order valence-corrected chi connectivity index (χ1v) is 14.3. The molecule has 42 heavy (non-hydrogen) atoms. The summed E-state index contributed by atoms with van der Waals surface area (Å²) in [6, 6.07) is 38.5. The molecule has 5 heteroatoms. The van der Waals surface area contributed by atoms with Crippen molar-refractivity contribution in [3.05, 3.63) is 134 Å². The van der Waals surface area contributed by atoms with Crippen molar-refractivity contribution in [2.24, 2.45) is 0 Å². The Balaban J connectivity index is 0.000000191. The summed E-state index contributed by atoms with van der Waals surface area (Å²) in [6.07, 6.45) is 8.55. The summed E-state index contributed by atoms with van der Waals surface area (Å²) >= 11 is 0. The van der Waals surface area contributed by atoms with E-state index < -0.39 is 0 Å². The van der Waals surface area contributed by atoms with Crippen LogP contribution in [0.1, 0.15) is 25.3 Å². The molecule has 7 aromatic rings. The number of unbranched alkanes of at least 4 members (excludes halogenated alkanes) is 1. The fraction of sp³-hybridized carbons (Fsp3) is 0.135. The number of aryl methyl sites for hydroxylation is 1. The van der Waals surface area contributed by atoms with Crippen LogP contribution in [-0.4, -0.2) is 20.8 Å². The normalized spacial score (nSPS) is 12.8. The van der Waals surface area contributed by atoms with Crippen molar-refractivity contribution in [1.82, 2.24) is 14.3 Å². The molecule has 0 unspecified atom stereocenters. The van der Waals surface area contributed by atoms with Gasteiger partial charge in [0.05, 0.1) is 0 Å². The number of nitrogens with zero attached hydrogens (tertiary/aromatic N) is 4. The van der Waals surface area contributed by atoms with Gasteiger partial charge >= 0.3 is 20.1 Å². The van der Waals surface area contributed by atoms with E-state index in [1.54, 1.807) is 0 Å². The Morgan fingerprint density at radius 2 is 1.64 bits per heavy atom. The van der Waals surface area contributed by atoms with Gasteiger partial charge in [-0.3, -0.25) is 0 Å². The van der Waals surface area contributed by atoms with Gasteiger partial charge in [-0.1, -0.05) is 72.9 Å². The van der Waals surface area contributed by atoms with Crippen LogP contribution in [0.5, 0.6) is 0 Å². The van der Waals surface area contributed by atoms with Crippen molar-refractivity contribution in [3.8, 4) is 11.3 Å². The van der Waals surface area contributed by atoms with Crippen LogP contribution in [0, 0.1) is 25.7 Å². The number of hydrogen-bond donors (Lipinski definition) is 0. The van der Waals surface area contributed by atoms with Gasteiger partial charge in [-0.2, -0.15) is 6.67 Å². The number of fused-ring (bicyclic) bond motifs is 6. The molecule has 0 saturated heterocycles. The molecule has 0 spiro atoms. The fourth-order valence-electron chi connectivity index (χ4n) is 5.68. The second-order valence-corrected chi connectivity index (χ2v) is 10.6. The number of aromatic nitrogens is 2. The molecule has 0 atom stereocenters. The van der Waals surface area contributed by atoms with Gasteiger partial charge in [-0.05, 0) is 60.5 Å². The van der Waals surface area contributed by atoms with Gasteiger partial charge < -0.3 is 19.2 Å². The second-order valence-electron chi connectivity index (χ2n) is 10.6. The van der Waals surface area contributed by atoms with E-state index in [0.29, 0.717) is 0 Å². The predicted octanol–water partition coefficient (Wildman–Crippen LogP) is 9.00. The molecule has 0 aliphatic carbocycles. The summed E-state index contributed by atoms with van der Waals surface area (Å²) in [5.41, 5.74) is 8.08. The quantitative estimate of drug-likeness (QED) is 0.166. The molecule has 0 amide bonds.